The minimum absolute atomic E-state index is 0.264. The van der Waals surface area contributed by atoms with Gasteiger partial charge in [0.1, 0.15) is 4.21 Å². The third-order valence-electron chi connectivity index (χ3n) is 3.05. The van der Waals surface area contributed by atoms with Gasteiger partial charge in [-0.2, -0.15) is 4.31 Å². The van der Waals surface area contributed by atoms with E-state index >= 15 is 0 Å². The molecular formula is C12H17Cl2NO3S2. The summed E-state index contributed by atoms with van der Waals surface area (Å²) in [6, 6.07) is 1.61. The van der Waals surface area contributed by atoms with Crippen LogP contribution in [0.1, 0.15) is 19.4 Å². The zero-order valence-corrected chi connectivity index (χ0v) is 14.7. The van der Waals surface area contributed by atoms with Gasteiger partial charge in [0.2, 0.25) is 0 Å². The van der Waals surface area contributed by atoms with Crippen LogP contribution < -0.4 is 0 Å². The Hall–Kier alpha value is 0.150. The van der Waals surface area contributed by atoms with Crippen LogP contribution in [0.15, 0.2) is 10.3 Å². The van der Waals surface area contributed by atoms with Crippen LogP contribution in [0.25, 0.3) is 0 Å². The zero-order valence-electron chi connectivity index (χ0n) is 11.5. The van der Waals surface area contributed by atoms with Gasteiger partial charge in [-0.3, -0.25) is 0 Å². The van der Waals surface area contributed by atoms with Crippen molar-refractivity contribution in [1.29, 1.82) is 0 Å². The highest BCUT2D eigenvalue weighted by molar-refractivity contribution is 7.91. The molecule has 0 radical (unpaired) electrons. The lowest BCUT2D eigenvalue weighted by atomic mass is 10.1. The number of morpholine rings is 1. The van der Waals surface area contributed by atoms with Gasteiger partial charge in [0.05, 0.1) is 16.0 Å². The van der Waals surface area contributed by atoms with Crippen LogP contribution in [0, 0.1) is 6.92 Å². The standard InChI is InChI=1S/C12H17Cl2NO3S2/c1-8-4-10(19-11(8)14)20(16,17)15-6-9(5-13)18-12(2,3)7-15/h4,9H,5-7H2,1-3H3. The van der Waals surface area contributed by atoms with Gasteiger partial charge in [-0.25, -0.2) is 8.42 Å². The molecule has 0 aromatic carbocycles. The molecule has 1 aliphatic rings. The number of thiophene rings is 1. The van der Waals surface area contributed by atoms with Crippen LogP contribution in [0.5, 0.6) is 0 Å². The average molecular weight is 358 g/mol. The Balaban J connectivity index is 2.33. The Labute approximate surface area is 133 Å². The Bertz CT molecular complexity index is 578. The first kappa shape index (κ1) is 16.5. The quantitative estimate of drug-likeness (QED) is 0.780. The molecule has 0 bridgehead atoms. The Morgan fingerprint density at radius 1 is 1.55 bits per heavy atom. The predicted octanol–water partition coefficient (Wildman–Crippen LogP) is 3.12. The smallest absolute Gasteiger partial charge is 0.252 e. The molecule has 0 N–H and O–H groups in total. The average Bonchev–Trinajstić information content (AvgIpc) is 2.68. The van der Waals surface area contributed by atoms with E-state index in [0.29, 0.717) is 10.9 Å². The van der Waals surface area contributed by atoms with Gasteiger partial charge in [-0.05, 0) is 32.4 Å². The first-order valence-electron chi connectivity index (χ1n) is 6.15. The monoisotopic (exact) mass is 357 g/mol. The molecule has 0 saturated carbocycles. The van der Waals surface area contributed by atoms with E-state index in [9.17, 15) is 8.42 Å². The van der Waals surface area contributed by atoms with E-state index in [1.54, 1.807) is 13.0 Å². The molecular weight excluding hydrogens is 341 g/mol. The molecule has 1 aromatic rings. The van der Waals surface area contributed by atoms with E-state index in [1.807, 2.05) is 13.8 Å². The van der Waals surface area contributed by atoms with Gasteiger partial charge in [0, 0.05) is 19.0 Å². The summed E-state index contributed by atoms with van der Waals surface area (Å²) in [5, 5.41) is 0. The summed E-state index contributed by atoms with van der Waals surface area (Å²) in [5.41, 5.74) is 0.220. The van der Waals surface area contributed by atoms with Crippen molar-refractivity contribution >= 4 is 44.6 Å². The molecule has 0 spiro atoms. The van der Waals surface area contributed by atoms with Crippen LogP contribution in [-0.4, -0.2) is 43.4 Å². The van der Waals surface area contributed by atoms with E-state index in [-0.39, 0.29) is 22.7 Å². The number of sulfonamides is 1. The molecule has 1 saturated heterocycles. The highest BCUT2D eigenvalue weighted by Crippen LogP contribution is 2.34. The van der Waals surface area contributed by atoms with Crippen LogP contribution in [0.3, 0.4) is 0 Å². The van der Waals surface area contributed by atoms with E-state index < -0.39 is 15.6 Å². The third kappa shape index (κ3) is 3.31. The van der Waals surface area contributed by atoms with Crippen molar-refractivity contribution in [1.82, 2.24) is 4.31 Å². The maximum absolute atomic E-state index is 12.7. The molecule has 1 atom stereocenters. The molecule has 8 heteroatoms. The Morgan fingerprint density at radius 3 is 2.70 bits per heavy atom. The third-order valence-corrected chi connectivity index (χ3v) is 7.21. The van der Waals surface area contributed by atoms with Crippen LogP contribution in [0.2, 0.25) is 4.34 Å². The fraction of sp³-hybridized carbons (Fsp3) is 0.667. The molecule has 0 amide bonds. The second-order valence-electron chi connectivity index (χ2n) is 5.47. The van der Waals surface area contributed by atoms with Crippen molar-refractivity contribution in [2.75, 3.05) is 19.0 Å². The van der Waals surface area contributed by atoms with Crippen molar-refractivity contribution < 1.29 is 13.2 Å². The summed E-state index contributed by atoms with van der Waals surface area (Å²) < 4.78 is 33.3. The largest absolute Gasteiger partial charge is 0.368 e. The predicted molar refractivity (Wildman–Crippen MR) is 82.5 cm³/mol. The van der Waals surface area contributed by atoms with Crippen LogP contribution >= 0.6 is 34.5 Å². The summed E-state index contributed by atoms with van der Waals surface area (Å²) in [7, 11) is -3.55. The normalized spacial score (nSPS) is 23.9. The first-order valence-corrected chi connectivity index (χ1v) is 9.32. The highest BCUT2D eigenvalue weighted by Gasteiger charge is 2.39. The number of hydrogen-bond donors (Lipinski definition) is 0. The maximum Gasteiger partial charge on any atom is 0.252 e. The topological polar surface area (TPSA) is 46.6 Å². The fourth-order valence-corrected chi connectivity index (χ4v) is 5.84. The Morgan fingerprint density at radius 2 is 2.20 bits per heavy atom. The zero-order chi connectivity index (χ0) is 15.1. The first-order chi connectivity index (χ1) is 9.15. The van der Waals surface area contributed by atoms with Crippen molar-refractivity contribution in [3.63, 3.8) is 0 Å². The van der Waals surface area contributed by atoms with E-state index in [1.165, 1.54) is 4.31 Å². The molecule has 20 heavy (non-hydrogen) atoms. The van der Waals surface area contributed by atoms with E-state index in [0.717, 1.165) is 16.9 Å². The van der Waals surface area contributed by atoms with E-state index in [4.69, 9.17) is 27.9 Å². The SMILES string of the molecule is Cc1cc(S(=O)(=O)N2CC(CCl)OC(C)(C)C2)sc1Cl. The molecule has 114 valence electrons. The molecule has 2 heterocycles. The van der Waals surface area contributed by atoms with E-state index in [2.05, 4.69) is 0 Å². The minimum Gasteiger partial charge on any atom is -0.368 e. The summed E-state index contributed by atoms with van der Waals surface area (Å²) in [5.74, 6) is 0.264. The summed E-state index contributed by atoms with van der Waals surface area (Å²) >= 11 is 12.9. The number of hydrogen-bond acceptors (Lipinski definition) is 4. The summed E-state index contributed by atoms with van der Waals surface area (Å²) in [6.45, 7) is 6.09. The molecule has 1 aliphatic heterocycles. The number of aryl methyl sites for hydroxylation is 1. The van der Waals surface area contributed by atoms with Gasteiger partial charge < -0.3 is 4.74 Å². The minimum atomic E-state index is -3.55. The lowest BCUT2D eigenvalue weighted by molar-refractivity contribution is -0.107. The highest BCUT2D eigenvalue weighted by atomic mass is 35.5. The number of ether oxygens (including phenoxy) is 1. The summed E-state index contributed by atoms with van der Waals surface area (Å²) in [6.07, 6.45) is -0.299. The van der Waals surface area contributed by atoms with Gasteiger partial charge >= 0.3 is 0 Å². The van der Waals surface area contributed by atoms with Gasteiger partial charge in [-0.1, -0.05) is 11.6 Å². The second kappa shape index (κ2) is 5.74. The van der Waals surface area contributed by atoms with Crippen LogP contribution in [-0.2, 0) is 14.8 Å². The van der Waals surface area contributed by atoms with Crippen molar-refractivity contribution in [3.8, 4) is 0 Å². The molecule has 1 fully saturated rings. The van der Waals surface area contributed by atoms with Crippen molar-refractivity contribution in [3.05, 3.63) is 16.0 Å². The maximum atomic E-state index is 12.7. The molecule has 1 unspecified atom stereocenters. The van der Waals surface area contributed by atoms with Gasteiger partial charge in [-0.15, -0.1) is 22.9 Å². The van der Waals surface area contributed by atoms with Crippen LogP contribution in [0.4, 0.5) is 0 Å². The fourth-order valence-electron chi connectivity index (χ4n) is 2.19. The number of rotatable bonds is 3. The number of alkyl halides is 1. The molecule has 0 aliphatic carbocycles. The summed E-state index contributed by atoms with van der Waals surface area (Å²) in [4.78, 5) is 0. The molecule has 2 rings (SSSR count). The number of nitrogens with zero attached hydrogens (tertiary/aromatic N) is 1. The second-order valence-corrected chi connectivity index (χ2v) is 9.60. The lowest BCUT2D eigenvalue weighted by Gasteiger charge is -2.41. The van der Waals surface area contributed by atoms with Gasteiger partial charge in [0.25, 0.3) is 10.0 Å². The van der Waals surface area contributed by atoms with Gasteiger partial charge in [0.15, 0.2) is 0 Å². The molecule has 4 nitrogen and oxygen atoms in total. The van der Waals surface area contributed by atoms with Crippen molar-refractivity contribution in [2.45, 2.75) is 36.7 Å². The Kier molecular flexibility index (Phi) is 4.74. The van der Waals surface area contributed by atoms with Crippen molar-refractivity contribution in [2.24, 2.45) is 0 Å². The number of halogens is 2. The lowest BCUT2D eigenvalue weighted by Crippen LogP contribution is -2.54. The molecule has 1 aromatic heterocycles.